The Labute approximate surface area is 174 Å². The van der Waals surface area contributed by atoms with E-state index in [2.05, 4.69) is 23.1 Å². The number of rotatable bonds is 4. The van der Waals surface area contributed by atoms with Crippen molar-refractivity contribution in [3.63, 3.8) is 0 Å². The number of hydrogen-bond acceptors (Lipinski definition) is 4. The summed E-state index contributed by atoms with van der Waals surface area (Å²) in [6.45, 7) is 5.36. The number of nitrogens with zero attached hydrogens (tertiary/aromatic N) is 2. The summed E-state index contributed by atoms with van der Waals surface area (Å²) in [7, 11) is 0. The fraction of sp³-hybridized carbons (Fsp3) is 0.708. The van der Waals surface area contributed by atoms with E-state index in [1.807, 2.05) is 4.90 Å². The molecule has 0 N–H and O–H groups in total. The third-order valence-corrected chi connectivity index (χ3v) is 7.44. The molecule has 2 saturated heterocycles. The minimum absolute atomic E-state index is 0.120. The van der Waals surface area contributed by atoms with Gasteiger partial charge >= 0.3 is 0 Å². The van der Waals surface area contributed by atoms with Crippen LogP contribution in [-0.2, 0) is 22.4 Å². The second-order valence-electron chi connectivity index (χ2n) is 9.25. The molecule has 1 unspecified atom stereocenters. The predicted octanol–water partition coefficient (Wildman–Crippen LogP) is 3.05. The van der Waals surface area contributed by atoms with E-state index in [0.717, 1.165) is 70.2 Å². The van der Waals surface area contributed by atoms with Crippen molar-refractivity contribution in [1.29, 1.82) is 0 Å². The van der Waals surface area contributed by atoms with Gasteiger partial charge in [0.1, 0.15) is 11.9 Å². The van der Waals surface area contributed by atoms with Crippen LogP contribution >= 0.6 is 0 Å². The third kappa shape index (κ3) is 4.31. The molecule has 0 radical (unpaired) electrons. The second-order valence-corrected chi connectivity index (χ2v) is 9.25. The zero-order valence-corrected chi connectivity index (χ0v) is 17.5. The average Bonchev–Trinajstić information content (AvgIpc) is 3.08. The Hall–Kier alpha value is -1.59. The monoisotopic (exact) mass is 398 g/mol. The summed E-state index contributed by atoms with van der Waals surface area (Å²) in [4.78, 5) is 17.5. The number of carbonyl (C=O) groups excluding carboxylic acids is 1. The van der Waals surface area contributed by atoms with E-state index in [9.17, 15) is 4.79 Å². The molecule has 5 rings (SSSR count). The molecule has 158 valence electrons. The van der Waals surface area contributed by atoms with Gasteiger partial charge in [0.15, 0.2) is 0 Å². The molecule has 0 spiro atoms. The molecule has 1 saturated carbocycles. The highest BCUT2D eigenvalue weighted by Gasteiger charge is 2.33. The van der Waals surface area contributed by atoms with Crippen molar-refractivity contribution < 1.29 is 14.3 Å². The molecule has 1 aromatic rings. The SMILES string of the molecule is O=C(C1CCOCC1)N1CCC(Oc2ccc3c(c2)CCN(C2CCC2)CC3)C1. The highest BCUT2D eigenvalue weighted by atomic mass is 16.5. The Balaban J connectivity index is 1.17. The van der Waals surface area contributed by atoms with Crippen molar-refractivity contribution in [2.24, 2.45) is 5.92 Å². The van der Waals surface area contributed by atoms with Gasteiger partial charge in [-0.1, -0.05) is 12.5 Å². The van der Waals surface area contributed by atoms with Crippen LogP contribution in [0.1, 0.15) is 49.7 Å². The maximum absolute atomic E-state index is 12.8. The molecule has 29 heavy (non-hydrogen) atoms. The number of benzene rings is 1. The van der Waals surface area contributed by atoms with Crippen LogP contribution in [0.5, 0.6) is 5.75 Å². The van der Waals surface area contributed by atoms with E-state index in [1.165, 1.54) is 43.5 Å². The predicted molar refractivity (Wildman–Crippen MR) is 112 cm³/mol. The van der Waals surface area contributed by atoms with Crippen LogP contribution in [0.15, 0.2) is 18.2 Å². The topological polar surface area (TPSA) is 42.0 Å². The van der Waals surface area contributed by atoms with Crippen molar-refractivity contribution in [3.05, 3.63) is 29.3 Å². The third-order valence-electron chi connectivity index (χ3n) is 7.44. The number of fused-ring (bicyclic) bond motifs is 1. The Morgan fingerprint density at radius 1 is 0.966 bits per heavy atom. The number of amides is 1. The molecule has 1 aliphatic carbocycles. The van der Waals surface area contributed by atoms with Crippen LogP contribution in [0.3, 0.4) is 0 Å². The van der Waals surface area contributed by atoms with Gasteiger partial charge in [0, 0.05) is 51.2 Å². The van der Waals surface area contributed by atoms with Crippen molar-refractivity contribution in [3.8, 4) is 5.75 Å². The highest BCUT2D eigenvalue weighted by Crippen LogP contribution is 2.29. The molecule has 3 heterocycles. The largest absolute Gasteiger partial charge is 0.489 e. The Kier molecular flexibility index (Phi) is 5.78. The Bertz CT molecular complexity index is 727. The van der Waals surface area contributed by atoms with E-state index in [0.29, 0.717) is 5.91 Å². The molecule has 0 bridgehead atoms. The lowest BCUT2D eigenvalue weighted by Gasteiger charge is -2.36. The lowest BCUT2D eigenvalue weighted by molar-refractivity contribution is -0.137. The van der Waals surface area contributed by atoms with Crippen LogP contribution in [0, 0.1) is 5.92 Å². The van der Waals surface area contributed by atoms with Crippen LogP contribution < -0.4 is 4.74 Å². The van der Waals surface area contributed by atoms with Crippen molar-refractivity contribution in [1.82, 2.24) is 9.80 Å². The summed E-state index contributed by atoms with van der Waals surface area (Å²) in [5.41, 5.74) is 2.94. The van der Waals surface area contributed by atoms with E-state index in [1.54, 1.807) is 0 Å². The smallest absolute Gasteiger partial charge is 0.225 e. The normalized spacial score (nSPS) is 26.6. The van der Waals surface area contributed by atoms with Gasteiger partial charge in [-0.05, 0) is 61.8 Å². The van der Waals surface area contributed by atoms with Gasteiger partial charge in [-0.2, -0.15) is 0 Å². The summed E-state index contributed by atoms with van der Waals surface area (Å²) in [6, 6.07) is 7.51. The van der Waals surface area contributed by atoms with Crippen molar-refractivity contribution in [2.45, 2.75) is 63.5 Å². The van der Waals surface area contributed by atoms with Crippen molar-refractivity contribution >= 4 is 5.91 Å². The van der Waals surface area contributed by atoms with Crippen LogP contribution in [0.4, 0.5) is 0 Å². The molecule has 0 aromatic heterocycles. The zero-order chi connectivity index (χ0) is 19.6. The quantitative estimate of drug-likeness (QED) is 0.782. The molecule has 4 aliphatic rings. The molecular formula is C24H34N2O3. The van der Waals surface area contributed by atoms with E-state index in [-0.39, 0.29) is 12.0 Å². The van der Waals surface area contributed by atoms with Crippen molar-refractivity contribution in [2.75, 3.05) is 39.4 Å². The average molecular weight is 399 g/mol. The highest BCUT2D eigenvalue weighted by molar-refractivity contribution is 5.79. The van der Waals surface area contributed by atoms with Gasteiger partial charge in [0.25, 0.3) is 0 Å². The van der Waals surface area contributed by atoms with Gasteiger partial charge < -0.3 is 14.4 Å². The van der Waals surface area contributed by atoms with Crippen LogP contribution in [-0.4, -0.2) is 67.2 Å². The minimum atomic E-state index is 0.120. The summed E-state index contributed by atoms with van der Waals surface area (Å²) in [6.07, 6.45) is 9.24. The first-order chi connectivity index (χ1) is 14.3. The van der Waals surface area contributed by atoms with Gasteiger partial charge in [0.2, 0.25) is 5.91 Å². The van der Waals surface area contributed by atoms with Gasteiger partial charge in [0.05, 0.1) is 6.54 Å². The van der Waals surface area contributed by atoms with E-state index >= 15 is 0 Å². The molecular weight excluding hydrogens is 364 g/mol. The molecule has 1 aromatic carbocycles. The summed E-state index contributed by atoms with van der Waals surface area (Å²) >= 11 is 0. The van der Waals surface area contributed by atoms with Gasteiger partial charge in [-0.25, -0.2) is 0 Å². The van der Waals surface area contributed by atoms with Crippen LogP contribution in [0.2, 0.25) is 0 Å². The lowest BCUT2D eigenvalue weighted by Crippen LogP contribution is -2.41. The molecule has 5 heteroatoms. The first-order valence-electron chi connectivity index (χ1n) is 11.7. The van der Waals surface area contributed by atoms with E-state index < -0.39 is 0 Å². The maximum Gasteiger partial charge on any atom is 0.225 e. The molecule has 5 nitrogen and oxygen atoms in total. The number of ether oxygens (including phenoxy) is 2. The standard InChI is InChI=1S/C24H34N2O3/c27-24(19-9-14-28-15-10-19)26-13-8-23(17-26)29-22-5-4-18-6-11-25(21-2-1-3-21)12-7-20(18)16-22/h4-5,16,19,21,23H,1-3,6-15,17H2. The fourth-order valence-electron chi connectivity index (χ4n) is 5.33. The Morgan fingerprint density at radius 3 is 2.52 bits per heavy atom. The first-order valence-corrected chi connectivity index (χ1v) is 11.7. The van der Waals surface area contributed by atoms with Gasteiger partial charge in [-0.15, -0.1) is 0 Å². The fourth-order valence-corrected chi connectivity index (χ4v) is 5.33. The molecule has 1 amide bonds. The second kappa shape index (κ2) is 8.65. The first kappa shape index (κ1) is 19.4. The number of hydrogen-bond donors (Lipinski definition) is 0. The minimum Gasteiger partial charge on any atom is -0.489 e. The van der Waals surface area contributed by atoms with E-state index in [4.69, 9.17) is 9.47 Å². The van der Waals surface area contributed by atoms with Crippen LogP contribution in [0.25, 0.3) is 0 Å². The lowest BCUT2D eigenvalue weighted by atomic mass is 9.91. The van der Waals surface area contributed by atoms with Gasteiger partial charge in [-0.3, -0.25) is 9.69 Å². The Morgan fingerprint density at radius 2 is 1.76 bits per heavy atom. The molecule has 3 fully saturated rings. The summed E-state index contributed by atoms with van der Waals surface area (Å²) < 4.78 is 11.7. The molecule has 1 atom stereocenters. The number of likely N-dealkylation sites (tertiary alicyclic amines) is 1. The zero-order valence-electron chi connectivity index (χ0n) is 17.5. The molecule has 3 aliphatic heterocycles. The summed E-state index contributed by atoms with van der Waals surface area (Å²) in [5.74, 6) is 1.43. The number of carbonyl (C=O) groups is 1. The maximum atomic E-state index is 12.8. The summed E-state index contributed by atoms with van der Waals surface area (Å²) in [5, 5.41) is 0.